The summed E-state index contributed by atoms with van der Waals surface area (Å²) in [5.41, 5.74) is 9.76. The minimum Gasteiger partial charge on any atom is -0.397 e. The summed E-state index contributed by atoms with van der Waals surface area (Å²) in [7, 11) is 0. The quantitative estimate of drug-likeness (QED) is 0.709. The molecule has 2 aliphatic heterocycles. The molecule has 0 atom stereocenters. The number of carbonyl (C=O) groups is 1. The molecule has 1 amide bonds. The maximum Gasteiger partial charge on any atom is 0.224 e. The van der Waals surface area contributed by atoms with E-state index in [1.165, 1.54) is 0 Å². The molecule has 102 valence electrons. The van der Waals surface area contributed by atoms with Crippen molar-refractivity contribution in [3.8, 4) is 0 Å². The number of rotatable bonds is 2. The van der Waals surface area contributed by atoms with Gasteiger partial charge in [0.2, 0.25) is 5.91 Å². The molecule has 0 radical (unpaired) electrons. The number of amides is 1. The average molecular weight is 261 g/mol. The largest absolute Gasteiger partial charge is 0.397 e. The van der Waals surface area contributed by atoms with Gasteiger partial charge in [-0.25, -0.2) is 0 Å². The van der Waals surface area contributed by atoms with E-state index < -0.39 is 0 Å². The van der Waals surface area contributed by atoms with Crippen LogP contribution in [0.1, 0.15) is 24.8 Å². The molecule has 0 aliphatic carbocycles. The van der Waals surface area contributed by atoms with Crippen LogP contribution >= 0.6 is 0 Å². The van der Waals surface area contributed by atoms with E-state index in [0.29, 0.717) is 12.5 Å². The first-order valence-corrected chi connectivity index (χ1v) is 6.79. The molecule has 5 nitrogen and oxygen atoms in total. The fourth-order valence-corrected chi connectivity index (χ4v) is 2.63. The van der Waals surface area contributed by atoms with E-state index in [9.17, 15) is 4.79 Å². The van der Waals surface area contributed by atoms with Crippen molar-refractivity contribution < 1.29 is 9.53 Å². The van der Waals surface area contributed by atoms with Crippen molar-refractivity contribution in [2.45, 2.75) is 31.7 Å². The Bertz CT molecular complexity index is 496. The predicted octanol–water partition coefficient (Wildman–Crippen LogP) is 1.74. The van der Waals surface area contributed by atoms with E-state index >= 15 is 0 Å². The van der Waals surface area contributed by atoms with E-state index in [0.717, 1.165) is 55.1 Å². The van der Waals surface area contributed by atoms with E-state index in [4.69, 9.17) is 10.5 Å². The fourth-order valence-electron chi connectivity index (χ4n) is 2.63. The smallest absolute Gasteiger partial charge is 0.224 e. The van der Waals surface area contributed by atoms with Crippen molar-refractivity contribution in [3.63, 3.8) is 0 Å². The molecule has 1 aromatic rings. The molecule has 2 heterocycles. The zero-order valence-electron chi connectivity index (χ0n) is 10.9. The molecule has 0 saturated carbocycles. The maximum atomic E-state index is 11.4. The van der Waals surface area contributed by atoms with Crippen molar-refractivity contribution in [1.82, 2.24) is 0 Å². The summed E-state index contributed by atoms with van der Waals surface area (Å²) < 4.78 is 5.34. The number of hydrogen-bond donors (Lipinski definition) is 3. The highest BCUT2D eigenvalue weighted by atomic mass is 16.5. The van der Waals surface area contributed by atoms with Gasteiger partial charge < -0.3 is 21.1 Å². The number of nitrogens with two attached hydrogens (primary N) is 1. The molecule has 4 N–H and O–H groups in total. The van der Waals surface area contributed by atoms with Gasteiger partial charge in [-0.05, 0) is 37.0 Å². The van der Waals surface area contributed by atoms with Crippen LogP contribution in [0.5, 0.6) is 0 Å². The van der Waals surface area contributed by atoms with E-state index in [-0.39, 0.29) is 5.91 Å². The first-order valence-electron chi connectivity index (χ1n) is 6.79. The molecule has 1 saturated heterocycles. The van der Waals surface area contributed by atoms with Crippen LogP contribution in [0, 0.1) is 0 Å². The zero-order chi connectivity index (χ0) is 13.2. The molecule has 0 spiro atoms. The van der Waals surface area contributed by atoms with E-state index in [1.54, 1.807) is 0 Å². The van der Waals surface area contributed by atoms with Crippen molar-refractivity contribution >= 4 is 23.0 Å². The van der Waals surface area contributed by atoms with Crippen LogP contribution in [0.2, 0.25) is 0 Å². The SMILES string of the molecule is Nc1cc2c(cc1NC1CCOCC1)NC(=O)CC2. The van der Waals surface area contributed by atoms with Gasteiger partial charge in [0.15, 0.2) is 0 Å². The molecule has 1 fully saturated rings. The number of nitrogen functional groups attached to an aromatic ring is 1. The van der Waals surface area contributed by atoms with Crippen molar-refractivity contribution in [3.05, 3.63) is 17.7 Å². The third-order valence-corrected chi connectivity index (χ3v) is 3.75. The van der Waals surface area contributed by atoms with Crippen LogP contribution in [0.4, 0.5) is 17.1 Å². The Hall–Kier alpha value is -1.75. The summed E-state index contributed by atoms with van der Waals surface area (Å²) in [5.74, 6) is 0.0780. The standard InChI is InChI=1S/C14H19N3O2/c15-11-7-9-1-2-14(18)17-12(9)8-13(11)16-10-3-5-19-6-4-10/h7-8,10,16H,1-6,15H2,(H,17,18). The highest BCUT2D eigenvalue weighted by Gasteiger charge is 2.19. The second-order valence-electron chi connectivity index (χ2n) is 5.18. The number of nitrogens with one attached hydrogen (secondary N) is 2. The normalized spacial score (nSPS) is 19.7. The molecule has 0 unspecified atom stereocenters. The van der Waals surface area contributed by atoms with E-state index in [1.807, 2.05) is 12.1 Å². The van der Waals surface area contributed by atoms with E-state index in [2.05, 4.69) is 10.6 Å². The maximum absolute atomic E-state index is 11.4. The van der Waals surface area contributed by atoms with Gasteiger partial charge in [0, 0.05) is 31.4 Å². The van der Waals surface area contributed by atoms with Crippen LogP contribution in [-0.4, -0.2) is 25.2 Å². The van der Waals surface area contributed by atoms with Crippen LogP contribution < -0.4 is 16.4 Å². The van der Waals surface area contributed by atoms with Crippen LogP contribution in [0.15, 0.2) is 12.1 Å². The van der Waals surface area contributed by atoms with Crippen LogP contribution in [-0.2, 0) is 16.0 Å². The van der Waals surface area contributed by atoms with Gasteiger partial charge >= 0.3 is 0 Å². The lowest BCUT2D eigenvalue weighted by atomic mass is 10.0. The highest BCUT2D eigenvalue weighted by molar-refractivity contribution is 5.95. The molecular formula is C14H19N3O2. The summed E-state index contributed by atoms with van der Waals surface area (Å²) in [6, 6.07) is 4.32. The van der Waals surface area contributed by atoms with Gasteiger partial charge in [-0.1, -0.05) is 0 Å². The third kappa shape index (κ3) is 2.66. The summed E-state index contributed by atoms with van der Waals surface area (Å²) in [6.45, 7) is 1.58. The lowest BCUT2D eigenvalue weighted by molar-refractivity contribution is -0.116. The van der Waals surface area contributed by atoms with Gasteiger partial charge in [-0.15, -0.1) is 0 Å². The third-order valence-electron chi connectivity index (χ3n) is 3.75. The lowest BCUT2D eigenvalue weighted by Crippen LogP contribution is -2.28. The second kappa shape index (κ2) is 5.09. The number of fused-ring (bicyclic) bond motifs is 1. The molecule has 5 heteroatoms. The molecule has 19 heavy (non-hydrogen) atoms. The van der Waals surface area contributed by atoms with Gasteiger partial charge in [0.25, 0.3) is 0 Å². The Morgan fingerprint density at radius 2 is 2.05 bits per heavy atom. The first kappa shape index (κ1) is 12.3. The molecule has 3 rings (SSSR count). The average Bonchev–Trinajstić information content (AvgIpc) is 2.41. The number of hydrogen-bond acceptors (Lipinski definition) is 4. The molecule has 1 aromatic carbocycles. The van der Waals surface area contributed by atoms with Gasteiger partial charge in [-0.2, -0.15) is 0 Å². The molecule has 0 aromatic heterocycles. The Kier molecular flexibility index (Phi) is 3.29. The van der Waals surface area contributed by atoms with Crippen molar-refractivity contribution in [2.24, 2.45) is 0 Å². The molecule has 0 bridgehead atoms. The summed E-state index contributed by atoms with van der Waals surface area (Å²) in [6.07, 6.45) is 3.29. The monoisotopic (exact) mass is 261 g/mol. The van der Waals surface area contributed by atoms with Gasteiger partial charge in [0.1, 0.15) is 0 Å². The second-order valence-corrected chi connectivity index (χ2v) is 5.18. The summed E-state index contributed by atoms with van der Waals surface area (Å²) in [5, 5.41) is 6.36. The number of carbonyl (C=O) groups excluding carboxylic acids is 1. The minimum atomic E-state index is 0.0780. The highest BCUT2D eigenvalue weighted by Crippen LogP contribution is 2.32. The number of anilines is 3. The first-order chi connectivity index (χ1) is 9.22. The van der Waals surface area contributed by atoms with Crippen molar-refractivity contribution in [2.75, 3.05) is 29.6 Å². The van der Waals surface area contributed by atoms with Gasteiger partial charge in [-0.3, -0.25) is 4.79 Å². The topological polar surface area (TPSA) is 76.4 Å². The predicted molar refractivity (Wildman–Crippen MR) is 75.3 cm³/mol. The zero-order valence-corrected chi connectivity index (χ0v) is 10.9. The number of ether oxygens (including phenoxy) is 1. The minimum absolute atomic E-state index is 0.0780. The fraction of sp³-hybridized carbons (Fsp3) is 0.500. The van der Waals surface area contributed by atoms with Gasteiger partial charge in [0.05, 0.1) is 11.4 Å². The van der Waals surface area contributed by atoms with Crippen molar-refractivity contribution in [1.29, 1.82) is 0 Å². The number of benzene rings is 1. The van der Waals surface area contributed by atoms with Crippen LogP contribution in [0.25, 0.3) is 0 Å². The molecular weight excluding hydrogens is 242 g/mol. The summed E-state index contributed by atoms with van der Waals surface area (Å²) >= 11 is 0. The Morgan fingerprint density at radius 1 is 1.26 bits per heavy atom. The lowest BCUT2D eigenvalue weighted by Gasteiger charge is -2.26. The Balaban J connectivity index is 1.80. The van der Waals surface area contributed by atoms with Crippen LogP contribution in [0.3, 0.4) is 0 Å². The Labute approximate surface area is 112 Å². The summed E-state index contributed by atoms with van der Waals surface area (Å²) in [4.78, 5) is 11.4. The Morgan fingerprint density at radius 3 is 2.84 bits per heavy atom. The molecule has 2 aliphatic rings. The number of aryl methyl sites for hydroxylation is 1.